The van der Waals surface area contributed by atoms with E-state index in [-0.39, 0.29) is 29.3 Å². The van der Waals surface area contributed by atoms with E-state index in [0.29, 0.717) is 23.1 Å². The fourth-order valence-corrected chi connectivity index (χ4v) is 7.67. The highest BCUT2D eigenvalue weighted by atomic mass is 35.5. The highest BCUT2D eigenvalue weighted by Gasteiger charge is 2.52. The third-order valence-corrected chi connectivity index (χ3v) is 9.31. The molecule has 1 atom stereocenters. The van der Waals surface area contributed by atoms with Gasteiger partial charge in [-0.3, -0.25) is 4.90 Å². The number of hydrogen-bond donors (Lipinski definition) is 1. The van der Waals surface area contributed by atoms with E-state index in [1.54, 1.807) is 0 Å². The molecule has 0 aromatic heterocycles. The van der Waals surface area contributed by atoms with Crippen molar-refractivity contribution >= 4 is 33.0 Å². The number of hydrogen-bond acceptors (Lipinski definition) is 4. The highest BCUT2D eigenvalue weighted by Crippen LogP contribution is 2.44. The van der Waals surface area contributed by atoms with Crippen LogP contribution in [0.15, 0.2) is 66.7 Å². The zero-order valence-corrected chi connectivity index (χ0v) is 23.0. The monoisotopic (exact) mass is 566 g/mol. The smallest absolute Gasteiger partial charge is 0.155 e. The Balaban J connectivity index is 1.63. The predicted octanol–water partition coefficient (Wildman–Crippen LogP) is 6.26. The van der Waals surface area contributed by atoms with Gasteiger partial charge in [-0.15, -0.1) is 0 Å². The number of sulfone groups is 1. The number of nitrogens with two attached hydrogens (primary N) is 1. The van der Waals surface area contributed by atoms with Crippen molar-refractivity contribution in [2.45, 2.75) is 31.7 Å². The third-order valence-electron chi connectivity index (χ3n) is 7.01. The number of halogens is 4. The lowest BCUT2D eigenvalue weighted by atomic mass is 9.70. The maximum atomic E-state index is 13.7. The van der Waals surface area contributed by atoms with Crippen molar-refractivity contribution in [1.82, 2.24) is 4.90 Å². The van der Waals surface area contributed by atoms with Crippen LogP contribution < -0.4 is 5.73 Å². The summed E-state index contributed by atoms with van der Waals surface area (Å²) in [5, 5.41) is 1.25. The number of benzene rings is 3. The van der Waals surface area contributed by atoms with E-state index < -0.39 is 32.6 Å². The standard InChI is InChI=1S/C28H30Cl2F2N2O2S/c1-18(2)27(33)28(17-37(35,36)14-19-11-24(31)13-25(32)12-19)15-34(16-28)26(20-3-7-22(29)8-4-20)21-5-9-23(30)10-6-21/h3-13,18,26-27H,14-17,33H2,1-2H3. The fourth-order valence-electron chi connectivity index (χ4n) is 5.39. The molecule has 1 aliphatic heterocycles. The van der Waals surface area contributed by atoms with Gasteiger partial charge in [0.25, 0.3) is 0 Å². The van der Waals surface area contributed by atoms with Crippen molar-refractivity contribution in [3.05, 3.63) is 105 Å². The van der Waals surface area contributed by atoms with Crippen LogP contribution in [0.5, 0.6) is 0 Å². The second-order valence-electron chi connectivity index (χ2n) is 10.4. The van der Waals surface area contributed by atoms with Gasteiger partial charge >= 0.3 is 0 Å². The van der Waals surface area contributed by atoms with E-state index in [2.05, 4.69) is 4.90 Å². The molecule has 0 saturated carbocycles. The summed E-state index contributed by atoms with van der Waals surface area (Å²) >= 11 is 12.3. The van der Waals surface area contributed by atoms with Crippen molar-refractivity contribution in [3.8, 4) is 0 Å². The largest absolute Gasteiger partial charge is 0.327 e. The summed E-state index contributed by atoms with van der Waals surface area (Å²) in [7, 11) is -3.73. The normalized spacial score (nSPS) is 16.7. The summed E-state index contributed by atoms with van der Waals surface area (Å²) in [4.78, 5) is 2.20. The van der Waals surface area contributed by atoms with Gasteiger partial charge in [-0.05, 0) is 59.0 Å². The minimum Gasteiger partial charge on any atom is -0.327 e. The molecule has 4 nitrogen and oxygen atoms in total. The Morgan fingerprint density at radius 1 is 0.892 bits per heavy atom. The van der Waals surface area contributed by atoms with Crippen LogP contribution in [0.2, 0.25) is 10.0 Å². The molecule has 1 fully saturated rings. The Morgan fingerprint density at radius 3 is 1.78 bits per heavy atom. The summed E-state index contributed by atoms with van der Waals surface area (Å²) in [5.74, 6) is -2.20. The molecule has 0 bridgehead atoms. The Hall–Kier alpha value is -2.03. The van der Waals surface area contributed by atoms with Crippen LogP contribution in [-0.4, -0.2) is 38.2 Å². The van der Waals surface area contributed by atoms with Crippen molar-refractivity contribution < 1.29 is 17.2 Å². The molecule has 0 radical (unpaired) electrons. The molecule has 1 unspecified atom stereocenters. The predicted molar refractivity (Wildman–Crippen MR) is 145 cm³/mol. The number of nitrogens with zero attached hydrogens (tertiary/aromatic N) is 1. The molecule has 0 aliphatic carbocycles. The second kappa shape index (κ2) is 11.0. The fraction of sp³-hybridized carbons (Fsp3) is 0.357. The first-order chi connectivity index (χ1) is 17.4. The quantitative estimate of drug-likeness (QED) is 0.332. The van der Waals surface area contributed by atoms with Gasteiger partial charge in [-0.1, -0.05) is 61.3 Å². The van der Waals surface area contributed by atoms with Crippen LogP contribution in [0.1, 0.15) is 36.6 Å². The molecular formula is C28H30Cl2F2N2O2S. The lowest BCUT2D eigenvalue weighted by Crippen LogP contribution is -2.68. The zero-order valence-electron chi connectivity index (χ0n) is 20.7. The van der Waals surface area contributed by atoms with Crippen molar-refractivity contribution in [2.75, 3.05) is 18.8 Å². The molecule has 37 heavy (non-hydrogen) atoms. The van der Waals surface area contributed by atoms with Crippen molar-refractivity contribution in [2.24, 2.45) is 17.1 Å². The van der Waals surface area contributed by atoms with E-state index in [9.17, 15) is 17.2 Å². The van der Waals surface area contributed by atoms with Gasteiger partial charge in [0.1, 0.15) is 11.6 Å². The summed E-state index contributed by atoms with van der Waals surface area (Å²) in [6.45, 7) is 4.83. The molecule has 3 aromatic rings. The highest BCUT2D eigenvalue weighted by molar-refractivity contribution is 7.90. The first-order valence-corrected chi connectivity index (χ1v) is 14.6. The molecule has 3 aromatic carbocycles. The molecular weight excluding hydrogens is 537 g/mol. The van der Waals surface area contributed by atoms with Gasteiger partial charge in [-0.2, -0.15) is 0 Å². The molecule has 0 amide bonds. The van der Waals surface area contributed by atoms with Crippen molar-refractivity contribution in [3.63, 3.8) is 0 Å². The SMILES string of the molecule is CC(C)C(N)C1(CS(=O)(=O)Cc2cc(F)cc(F)c2)CN(C(c2ccc(Cl)cc2)c2ccc(Cl)cc2)C1. The Kier molecular flexibility index (Phi) is 8.31. The summed E-state index contributed by atoms with van der Waals surface area (Å²) in [6, 6.07) is 17.4. The van der Waals surface area contributed by atoms with Crippen LogP contribution >= 0.6 is 23.2 Å². The van der Waals surface area contributed by atoms with Gasteiger partial charge < -0.3 is 5.73 Å². The minimum atomic E-state index is -3.73. The van der Waals surface area contributed by atoms with Crippen molar-refractivity contribution in [1.29, 1.82) is 0 Å². The molecule has 9 heteroatoms. The summed E-state index contributed by atoms with van der Waals surface area (Å²) < 4.78 is 54.0. The number of rotatable bonds is 9. The summed E-state index contributed by atoms with van der Waals surface area (Å²) in [6.07, 6.45) is 0. The minimum absolute atomic E-state index is 0.0356. The molecule has 1 saturated heterocycles. The van der Waals surface area contributed by atoms with E-state index in [0.717, 1.165) is 29.3 Å². The second-order valence-corrected chi connectivity index (χ2v) is 13.3. The first-order valence-electron chi connectivity index (χ1n) is 12.0. The van der Waals surface area contributed by atoms with Gasteiger partial charge in [0, 0.05) is 40.7 Å². The lowest BCUT2D eigenvalue weighted by molar-refractivity contribution is -0.0333. The topological polar surface area (TPSA) is 63.4 Å². The maximum absolute atomic E-state index is 13.7. The van der Waals surface area contributed by atoms with Gasteiger partial charge in [0.15, 0.2) is 9.84 Å². The Morgan fingerprint density at radius 2 is 1.35 bits per heavy atom. The van der Waals surface area contributed by atoms with Crippen LogP contribution in [0.4, 0.5) is 8.78 Å². The van der Waals surface area contributed by atoms with Crippen LogP contribution in [-0.2, 0) is 15.6 Å². The zero-order chi connectivity index (χ0) is 27.0. The average Bonchev–Trinajstić information content (AvgIpc) is 2.78. The third kappa shape index (κ3) is 6.52. The van der Waals surface area contributed by atoms with Crippen LogP contribution in [0.3, 0.4) is 0 Å². The van der Waals surface area contributed by atoms with Gasteiger partial charge in [0.05, 0.1) is 17.5 Å². The van der Waals surface area contributed by atoms with Gasteiger partial charge in [-0.25, -0.2) is 17.2 Å². The molecule has 1 heterocycles. The van der Waals surface area contributed by atoms with E-state index in [1.165, 1.54) is 0 Å². The maximum Gasteiger partial charge on any atom is 0.155 e. The van der Waals surface area contributed by atoms with Crippen LogP contribution in [0.25, 0.3) is 0 Å². The van der Waals surface area contributed by atoms with Gasteiger partial charge in [0.2, 0.25) is 0 Å². The molecule has 4 rings (SSSR count). The molecule has 2 N–H and O–H groups in total. The molecule has 198 valence electrons. The molecule has 1 aliphatic rings. The van der Waals surface area contributed by atoms with Crippen LogP contribution in [0, 0.1) is 23.0 Å². The van der Waals surface area contributed by atoms with E-state index >= 15 is 0 Å². The number of likely N-dealkylation sites (tertiary alicyclic amines) is 1. The lowest BCUT2D eigenvalue weighted by Gasteiger charge is -2.57. The Bertz CT molecular complexity index is 1280. The Labute approximate surface area is 227 Å². The molecule has 0 spiro atoms. The van der Waals surface area contributed by atoms with E-state index in [4.69, 9.17) is 28.9 Å². The average molecular weight is 568 g/mol. The summed E-state index contributed by atoms with van der Waals surface area (Å²) in [5.41, 5.74) is 8.03. The van der Waals surface area contributed by atoms with E-state index in [1.807, 2.05) is 62.4 Å². The first kappa shape index (κ1) is 28.0.